The Morgan fingerprint density at radius 2 is 0.953 bits per heavy atom. The number of methoxy groups -OCH3 is 2. The number of benzene rings is 6. The van der Waals surface area contributed by atoms with E-state index in [1.807, 2.05) is 57.2 Å². The van der Waals surface area contributed by atoms with Gasteiger partial charge < -0.3 is 28.0 Å². The molecule has 4 N–H and O–H groups in total. The van der Waals surface area contributed by atoms with Crippen molar-refractivity contribution in [1.82, 2.24) is 19.1 Å². The van der Waals surface area contributed by atoms with E-state index in [1.54, 1.807) is 56.8 Å². The van der Waals surface area contributed by atoms with Gasteiger partial charge in [0.05, 0.1) is 25.6 Å². The molecule has 446 valence electrons. The van der Waals surface area contributed by atoms with Crippen LogP contribution in [0.3, 0.4) is 0 Å². The molecule has 0 saturated carbocycles. The van der Waals surface area contributed by atoms with Crippen molar-refractivity contribution in [3.63, 3.8) is 0 Å². The van der Waals surface area contributed by atoms with Crippen molar-refractivity contribution >= 4 is 48.4 Å². The summed E-state index contributed by atoms with van der Waals surface area (Å²) in [4.78, 5) is 64.9. The Morgan fingerprint density at radius 1 is 0.576 bits per heavy atom. The topological polar surface area (TPSA) is 272 Å². The zero-order valence-corrected chi connectivity index (χ0v) is 54.6. The number of aromatic amines is 2. The Morgan fingerprint density at radius 3 is 1.28 bits per heavy atom. The van der Waals surface area contributed by atoms with Gasteiger partial charge in [-0.15, -0.1) is 0 Å². The maximum absolute atomic E-state index is 12.7. The van der Waals surface area contributed by atoms with Gasteiger partial charge in [0.25, 0.3) is 12.5 Å². The second-order valence-electron chi connectivity index (χ2n) is 19.1. The van der Waals surface area contributed by atoms with Crippen molar-refractivity contribution in [3.8, 4) is 56.6 Å². The summed E-state index contributed by atoms with van der Waals surface area (Å²) in [6, 6.07) is 29.8. The zero-order valence-electron chi connectivity index (χ0n) is 47.7. The number of carbonyl (C=O) groups is 1. The third kappa shape index (κ3) is 19.7. The van der Waals surface area contributed by atoms with Gasteiger partial charge >= 0.3 is 152 Å². The Hall–Kier alpha value is -5.56. The van der Waals surface area contributed by atoms with Gasteiger partial charge in [-0.05, 0) is 104 Å². The number of fused-ring (bicyclic) bond motifs is 2. The molecule has 31 heteroatoms. The second kappa shape index (κ2) is 30.9. The summed E-state index contributed by atoms with van der Waals surface area (Å²) < 4.78 is 155. The smallest absolute Gasteiger partial charge is 0.508 e. The van der Waals surface area contributed by atoms with E-state index >= 15 is 0 Å². The number of nitrogens with one attached hydrogen (secondary N) is 2. The fourth-order valence-corrected chi connectivity index (χ4v) is 8.20. The molecule has 6 aromatic carbocycles. The zero-order chi connectivity index (χ0) is 63.5. The number of hydrogen-bond donors (Lipinski definition) is 4. The van der Waals surface area contributed by atoms with E-state index in [2.05, 4.69) is 45.1 Å². The van der Waals surface area contributed by atoms with Crippen LogP contribution in [0.2, 0.25) is 0 Å². The number of halogens is 8. The van der Waals surface area contributed by atoms with Gasteiger partial charge in [-0.1, -0.05) is 81.8 Å². The number of nitrogens with zero attached hydrogens (tertiary/aromatic N) is 2. The van der Waals surface area contributed by atoms with Crippen molar-refractivity contribution in [2.24, 2.45) is 0 Å². The van der Waals surface area contributed by atoms with Gasteiger partial charge in [0.1, 0.15) is 23.0 Å². The average molecular weight is 1290 g/mol. The molecule has 0 bridgehead atoms. The van der Waals surface area contributed by atoms with E-state index in [-0.39, 0.29) is 120 Å². The van der Waals surface area contributed by atoms with Gasteiger partial charge in [-0.2, -0.15) is 50.4 Å². The van der Waals surface area contributed by atoms with Crippen LogP contribution >= 0.6 is 0 Å². The fourth-order valence-electron chi connectivity index (χ4n) is 7.75. The molecule has 8 aromatic rings. The normalized spacial score (nSPS) is 11.6. The maximum atomic E-state index is 12.7. The molecule has 0 atom stereocenters. The first kappa shape index (κ1) is 73.7. The summed E-state index contributed by atoms with van der Waals surface area (Å²) in [7, 11) is -7.24. The third-order valence-electron chi connectivity index (χ3n) is 11.4. The molecule has 19 nitrogen and oxygen atoms in total. The summed E-state index contributed by atoms with van der Waals surface area (Å²) in [5, 5.41) is 15.7. The summed E-state index contributed by atoms with van der Waals surface area (Å²) in [6.45, 7) is 12.2. The molecular weight excluding hydrogens is 1240 g/mol. The molecule has 0 radical (unpaired) electrons. The monoisotopic (exact) mass is 1290 g/mol. The number of alkyl halides is 6. The molecule has 0 aliphatic heterocycles. The van der Waals surface area contributed by atoms with E-state index in [4.69, 9.17) is 24.1 Å². The van der Waals surface area contributed by atoms with Crippen LogP contribution in [0.1, 0.15) is 52.7 Å². The van der Waals surface area contributed by atoms with Crippen LogP contribution in [-0.2, 0) is 40.9 Å². The van der Waals surface area contributed by atoms with Crippen LogP contribution in [0.5, 0.6) is 23.0 Å². The summed E-state index contributed by atoms with van der Waals surface area (Å²) >= 11 is 0. The van der Waals surface area contributed by atoms with E-state index in [0.717, 1.165) is 44.8 Å². The molecule has 0 amide bonds. The maximum Gasteiger partial charge on any atom is 1.00 e. The first-order chi connectivity index (χ1) is 38.9. The van der Waals surface area contributed by atoms with Gasteiger partial charge in [0, 0.05) is 46.8 Å². The van der Waals surface area contributed by atoms with E-state index in [0.29, 0.717) is 39.0 Å². The van der Waals surface area contributed by atoms with Gasteiger partial charge in [-0.3, -0.25) is 33.5 Å². The number of phenols is 1. The first-order valence-electron chi connectivity index (χ1n) is 23.7. The van der Waals surface area contributed by atoms with Crippen molar-refractivity contribution in [2.45, 2.75) is 63.4 Å². The number of phenolic OH excluding ortho intramolecular Hbond substituents is 1. The molecule has 2 heterocycles. The summed E-state index contributed by atoms with van der Waals surface area (Å²) in [5.74, 6) is 1.02. The number of carbonyl (C=O) groups excluding carboxylic acids is 1. The molecular formula is C54H51F8K2N4O15S2+. The van der Waals surface area contributed by atoms with Crippen molar-refractivity contribution < 1.29 is 188 Å². The minimum Gasteiger partial charge on any atom is -0.508 e. The van der Waals surface area contributed by atoms with Crippen molar-refractivity contribution in [3.05, 3.63) is 182 Å². The van der Waals surface area contributed by atoms with Crippen LogP contribution in [0.4, 0.5) is 34.6 Å². The second-order valence-corrected chi connectivity index (χ2v) is 22.0. The van der Waals surface area contributed by atoms with Crippen molar-refractivity contribution in [2.75, 3.05) is 14.2 Å². The SMILES string of the molecule is COc1c(-c2ccc3cc(O)ccc3c2)cc(-n2ccc(=O)[nH]c2=O)cc1C(C)(C)C.COc1c(-c2ccc3cc(OS(=O)(=O)C(F)(F)F)ccc3c2)cc(-n2ccc(=O)[nH]c2=O)cc1C(C)(C)C.O=S(=O)(F)C(F)(F)F.[2H]OOC=O.[CH2-]F.[K+].[K+]. The molecule has 0 saturated heterocycles. The van der Waals surface area contributed by atoms with E-state index in [1.165, 1.54) is 52.9 Å². The predicted octanol–water partition coefficient (Wildman–Crippen LogP) is 4.43. The fraction of sp³-hybridized carbons (Fsp3) is 0.222. The average Bonchev–Trinajstić information content (AvgIpc) is 0.852. The minimum absolute atomic E-state index is 0. The van der Waals surface area contributed by atoms with Crippen molar-refractivity contribution in [1.29, 1.82) is 1.43 Å². The minimum atomic E-state index is -6.34. The molecule has 0 fully saturated rings. The Bertz CT molecular complexity index is 4170. The van der Waals surface area contributed by atoms with Crippen LogP contribution in [-0.4, -0.2) is 78.0 Å². The number of hydrogen-bond acceptors (Lipinski definition) is 15. The van der Waals surface area contributed by atoms with Crippen LogP contribution in [0, 0.1) is 7.18 Å². The quantitative estimate of drug-likeness (QED) is 0.0170. The molecule has 0 aliphatic carbocycles. The van der Waals surface area contributed by atoms with Gasteiger partial charge in [-0.25, -0.2) is 14.8 Å². The first-order valence-corrected chi connectivity index (χ1v) is 26.1. The number of aromatic nitrogens is 4. The molecule has 2 aromatic heterocycles. The Balaban J connectivity index is 0.000000471. The standard InChI is InChI=1S/C26H23F3N2O6S.C25H24N2O4.CF4O2S.CH2F.CH2O3.2K/c1-25(2,3)21-14-18(31-10-9-22(32)30-24(31)33)13-20(23(21)36-4)17-6-5-16-12-19(8-7-15(16)11-17)37-38(34,35)26(27,28)29;1-25(2,3)21-14-18(27-10-9-22(29)26-24(27)30)13-20(23(21)31-4)17-6-5-16-12-19(28)8-7-15(16)11-17;2-1(3,4)8(5,6)7;1-2;2-1-4-3;;/h5-14H,1-4H3,(H,30,32,33);5-14,28H,1-4H3,(H,26,29,30);;1H2;1,3H;;/q;;;-1;;2*+1/i/hD. The third-order valence-corrected chi connectivity index (χ3v) is 13.0. The summed E-state index contributed by atoms with van der Waals surface area (Å²) in [6.07, 6.45) is 2.85. The van der Waals surface area contributed by atoms with Crippen LogP contribution in [0.25, 0.3) is 56.6 Å². The molecule has 8 rings (SSSR count). The number of aromatic hydroxyl groups is 1. The van der Waals surface area contributed by atoms with E-state index in [9.17, 15) is 67.3 Å². The summed E-state index contributed by atoms with van der Waals surface area (Å²) in [5.41, 5.74) is -8.20. The molecule has 0 spiro atoms. The predicted molar refractivity (Wildman–Crippen MR) is 291 cm³/mol. The van der Waals surface area contributed by atoms with Crippen LogP contribution < -0.4 is 139 Å². The largest absolute Gasteiger partial charge is 1.00 e. The van der Waals surface area contributed by atoms with E-state index < -0.39 is 65.0 Å². The Labute approximate surface area is 566 Å². The molecule has 0 unspecified atom stereocenters. The number of H-pyrrole nitrogens is 2. The molecule has 85 heavy (non-hydrogen) atoms. The molecule has 0 aliphatic rings. The Kier molecular flexibility index (Phi) is 26.8. The van der Waals surface area contributed by atoms with Gasteiger partial charge in [0.15, 0.2) is 0 Å². The van der Waals surface area contributed by atoms with Crippen LogP contribution in [0.15, 0.2) is 141 Å². The number of ether oxygens (including phenoxy) is 2. The number of rotatable bonds is 10. The van der Waals surface area contributed by atoms with Gasteiger partial charge in [0.2, 0.25) is 0 Å².